The summed E-state index contributed by atoms with van der Waals surface area (Å²) in [6.45, 7) is 2.43. The maximum Gasteiger partial charge on any atom is 0.243 e. The van der Waals surface area contributed by atoms with Gasteiger partial charge in [-0.3, -0.25) is 4.90 Å². The number of rotatable bonds is 5. The highest BCUT2D eigenvalue weighted by atomic mass is 32.2. The Labute approximate surface area is 124 Å². The summed E-state index contributed by atoms with van der Waals surface area (Å²) in [6.07, 6.45) is 0. The molecule has 0 amide bonds. The largest absolute Gasteiger partial charge is 0.395 e. The lowest BCUT2D eigenvalue weighted by atomic mass is 10.2. The van der Waals surface area contributed by atoms with Crippen LogP contribution >= 0.6 is 0 Å². The summed E-state index contributed by atoms with van der Waals surface area (Å²) in [7, 11) is -3.63. The van der Waals surface area contributed by atoms with Crippen LogP contribution in [0, 0.1) is 5.82 Å². The third kappa shape index (κ3) is 3.58. The first kappa shape index (κ1) is 16.3. The van der Waals surface area contributed by atoms with E-state index in [9.17, 15) is 12.8 Å². The zero-order valence-electron chi connectivity index (χ0n) is 11.7. The van der Waals surface area contributed by atoms with Crippen LogP contribution in [0.2, 0.25) is 0 Å². The molecule has 1 heterocycles. The third-order valence-electron chi connectivity index (χ3n) is 3.62. The Bertz CT molecular complexity index is 586. The van der Waals surface area contributed by atoms with E-state index in [4.69, 9.17) is 10.8 Å². The minimum atomic E-state index is -3.63. The Kier molecular flexibility index (Phi) is 5.28. The highest BCUT2D eigenvalue weighted by molar-refractivity contribution is 7.89. The van der Waals surface area contributed by atoms with Crippen LogP contribution in [0.15, 0.2) is 23.1 Å². The average molecular weight is 317 g/mol. The molecule has 0 atom stereocenters. The van der Waals surface area contributed by atoms with E-state index in [1.165, 1.54) is 16.4 Å². The molecule has 1 saturated heterocycles. The molecule has 0 radical (unpaired) electrons. The number of aliphatic hydroxyl groups excluding tert-OH is 1. The Hall–Kier alpha value is -1.06. The summed E-state index contributed by atoms with van der Waals surface area (Å²) in [5.41, 5.74) is 5.60. The van der Waals surface area contributed by atoms with Crippen molar-refractivity contribution >= 4 is 10.0 Å². The summed E-state index contributed by atoms with van der Waals surface area (Å²) in [5, 5.41) is 8.89. The van der Waals surface area contributed by atoms with Gasteiger partial charge in [-0.2, -0.15) is 4.31 Å². The first-order valence-corrected chi connectivity index (χ1v) is 8.25. The fourth-order valence-electron chi connectivity index (χ4n) is 2.35. The van der Waals surface area contributed by atoms with E-state index >= 15 is 0 Å². The highest BCUT2D eigenvalue weighted by Crippen LogP contribution is 2.20. The molecule has 0 saturated carbocycles. The van der Waals surface area contributed by atoms with Crippen molar-refractivity contribution in [3.63, 3.8) is 0 Å². The number of nitrogens with two attached hydrogens (primary N) is 1. The molecule has 118 valence electrons. The van der Waals surface area contributed by atoms with Crippen LogP contribution in [0.25, 0.3) is 0 Å². The van der Waals surface area contributed by atoms with Crippen LogP contribution in [-0.4, -0.2) is 62.1 Å². The van der Waals surface area contributed by atoms with Gasteiger partial charge in [-0.25, -0.2) is 12.8 Å². The van der Waals surface area contributed by atoms with Crippen molar-refractivity contribution in [2.75, 3.05) is 39.3 Å². The van der Waals surface area contributed by atoms with E-state index in [-0.39, 0.29) is 23.6 Å². The van der Waals surface area contributed by atoms with Gasteiger partial charge in [0.1, 0.15) is 5.82 Å². The molecule has 3 N–H and O–H groups in total. The normalized spacial score (nSPS) is 18.0. The van der Waals surface area contributed by atoms with E-state index in [0.717, 1.165) is 6.07 Å². The van der Waals surface area contributed by atoms with Gasteiger partial charge >= 0.3 is 0 Å². The minimum absolute atomic E-state index is 0.0422. The second kappa shape index (κ2) is 6.80. The second-order valence-electron chi connectivity index (χ2n) is 4.93. The van der Waals surface area contributed by atoms with Gasteiger partial charge in [-0.1, -0.05) is 0 Å². The molecule has 0 bridgehead atoms. The second-order valence-corrected chi connectivity index (χ2v) is 6.86. The van der Waals surface area contributed by atoms with Crippen LogP contribution in [-0.2, 0) is 16.6 Å². The van der Waals surface area contributed by atoms with Crippen LogP contribution in [0.1, 0.15) is 5.56 Å². The van der Waals surface area contributed by atoms with E-state index in [0.29, 0.717) is 32.7 Å². The number of halogens is 1. The van der Waals surface area contributed by atoms with E-state index in [1.807, 2.05) is 4.90 Å². The zero-order chi connectivity index (χ0) is 15.5. The topological polar surface area (TPSA) is 86.9 Å². The highest BCUT2D eigenvalue weighted by Gasteiger charge is 2.28. The number of benzene rings is 1. The molecule has 1 aliphatic rings. The van der Waals surface area contributed by atoms with Gasteiger partial charge in [0.25, 0.3) is 0 Å². The molecule has 1 aromatic carbocycles. The van der Waals surface area contributed by atoms with Gasteiger partial charge in [-0.15, -0.1) is 0 Å². The van der Waals surface area contributed by atoms with Crippen molar-refractivity contribution in [1.29, 1.82) is 0 Å². The maximum atomic E-state index is 13.4. The quantitative estimate of drug-likeness (QED) is 0.770. The van der Waals surface area contributed by atoms with Crippen LogP contribution < -0.4 is 5.73 Å². The Morgan fingerprint density at radius 1 is 1.24 bits per heavy atom. The summed E-state index contributed by atoms with van der Waals surface area (Å²) in [4.78, 5) is 2.07. The van der Waals surface area contributed by atoms with E-state index in [1.54, 1.807) is 0 Å². The lowest BCUT2D eigenvalue weighted by Gasteiger charge is -2.33. The Morgan fingerprint density at radius 2 is 1.90 bits per heavy atom. The molecule has 1 aromatic rings. The summed E-state index contributed by atoms with van der Waals surface area (Å²) in [5.74, 6) is -0.496. The van der Waals surface area contributed by atoms with Crippen LogP contribution in [0.4, 0.5) is 4.39 Å². The molecule has 2 rings (SSSR count). The molecule has 21 heavy (non-hydrogen) atoms. The molecular formula is C13H20FN3O3S. The minimum Gasteiger partial charge on any atom is -0.395 e. The Balaban J connectivity index is 2.15. The van der Waals surface area contributed by atoms with Gasteiger partial charge in [0.2, 0.25) is 10.0 Å². The lowest BCUT2D eigenvalue weighted by Crippen LogP contribution is -2.49. The van der Waals surface area contributed by atoms with Crippen molar-refractivity contribution in [3.8, 4) is 0 Å². The van der Waals surface area contributed by atoms with Crippen molar-refractivity contribution in [2.45, 2.75) is 11.4 Å². The predicted molar refractivity (Wildman–Crippen MR) is 76.6 cm³/mol. The molecule has 0 aromatic heterocycles. The van der Waals surface area contributed by atoms with Crippen LogP contribution in [0.5, 0.6) is 0 Å². The van der Waals surface area contributed by atoms with E-state index in [2.05, 4.69) is 0 Å². The van der Waals surface area contributed by atoms with Crippen LogP contribution in [0.3, 0.4) is 0 Å². The maximum absolute atomic E-state index is 13.4. The van der Waals surface area contributed by atoms with Gasteiger partial charge < -0.3 is 10.8 Å². The SMILES string of the molecule is NCc1cc(S(=O)(=O)N2CCN(CCO)CC2)ccc1F. The van der Waals surface area contributed by atoms with Crippen molar-refractivity contribution in [3.05, 3.63) is 29.6 Å². The number of nitrogens with zero attached hydrogens (tertiary/aromatic N) is 2. The van der Waals surface area contributed by atoms with Gasteiger partial charge in [-0.05, 0) is 18.2 Å². The number of β-amino-alcohol motifs (C(OH)–C–C–N with tert-alkyl or cyclic N) is 1. The predicted octanol–water partition coefficient (Wildman–Crippen LogP) is -0.417. The molecule has 0 aliphatic carbocycles. The first-order valence-electron chi connectivity index (χ1n) is 6.81. The van der Waals surface area contributed by atoms with E-state index < -0.39 is 15.8 Å². The molecule has 1 fully saturated rings. The lowest BCUT2D eigenvalue weighted by molar-refractivity contribution is 0.151. The molecule has 6 nitrogen and oxygen atoms in total. The Morgan fingerprint density at radius 3 is 2.48 bits per heavy atom. The summed E-state index contributed by atoms with van der Waals surface area (Å²) < 4.78 is 39.9. The first-order chi connectivity index (χ1) is 9.98. The number of hydrogen-bond acceptors (Lipinski definition) is 5. The number of aliphatic hydroxyl groups is 1. The summed E-state index contributed by atoms with van der Waals surface area (Å²) in [6, 6.07) is 3.70. The number of hydrogen-bond donors (Lipinski definition) is 2. The summed E-state index contributed by atoms with van der Waals surface area (Å²) >= 11 is 0. The monoisotopic (exact) mass is 317 g/mol. The molecule has 1 aliphatic heterocycles. The number of sulfonamides is 1. The molecule has 0 spiro atoms. The third-order valence-corrected chi connectivity index (χ3v) is 5.52. The molecular weight excluding hydrogens is 297 g/mol. The molecule has 8 heteroatoms. The van der Waals surface area contributed by atoms with Gasteiger partial charge in [0, 0.05) is 44.8 Å². The zero-order valence-corrected chi connectivity index (χ0v) is 12.5. The van der Waals surface area contributed by atoms with Crippen molar-refractivity contribution in [2.24, 2.45) is 5.73 Å². The fourth-order valence-corrected chi connectivity index (χ4v) is 3.83. The average Bonchev–Trinajstić information content (AvgIpc) is 2.48. The number of piperazine rings is 1. The standard InChI is InChI=1S/C13H20FN3O3S/c14-13-2-1-12(9-11(13)10-15)21(19,20)17-5-3-16(4-6-17)7-8-18/h1-2,9,18H,3-8,10,15H2. The smallest absolute Gasteiger partial charge is 0.243 e. The fraction of sp³-hybridized carbons (Fsp3) is 0.538. The van der Waals surface area contributed by atoms with Gasteiger partial charge in [0.05, 0.1) is 11.5 Å². The van der Waals surface area contributed by atoms with Gasteiger partial charge in [0.15, 0.2) is 0 Å². The molecule has 0 unspecified atom stereocenters. The van der Waals surface area contributed by atoms with Crippen molar-refractivity contribution < 1.29 is 17.9 Å². The van der Waals surface area contributed by atoms with Crippen molar-refractivity contribution in [1.82, 2.24) is 9.21 Å².